The smallest absolute Gasteiger partial charge is 0.414 e. The van der Waals surface area contributed by atoms with Gasteiger partial charge >= 0.3 is 6.09 Å². The summed E-state index contributed by atoms with van der Waals surface area (Å²) in [6, 6.07) is 6.16. The highest BCUT2D eigenvalue weighted by molar-refractivity contribution is 5.91. The second kappa shape index (κ2) is 5.08. The second-order valence-electron chi connectivity index (χ2n) is 5.80. The Hall–Kier alpha value is -1.77. The molecule has 1 aromatic rings. The lowest BCUT2D eigenvalue weighted by atomic mass is 10.0. The molecule has 0 radical (unpaired) electrons. The van der Waals surface area contributed by atoms with Gasteiger partial charge in [-0.25, -0.2) is 4.79 Å². The van der Waals surface area contributed by atoms with Gasteiger partial charge in [0.25, 0.3) is 0 Å². The molecule has 1 amide bonds. The fourth-order valence-corrected chi connectivity index (χ4v) is 2.36. The maximum atomic E-state index is 12.3. The molecule has 0 aliphatic carbocycles. The minimum atomic E-state index is -0.465. The van der Waals surface area contributed by atoms with Crippen LogP contribution in [0, 0.1) is 0 Å². The third-order valence-electron chi connectivity index (χ3n) is 3.06. The van der Waals surface area contributed by atoms with Gasteiger partial charge in [0.05, 0.1) is 5.69 Å². The second-order valence-corrected chi connectivity index (χ2v) is 5.80. The maximum absolute atomic E-state index is 12.3. The molecule has 3 heteroatoms. The Morgan fingerprint density at radius 1 is 1.47 bits per heavy atom. The summed E-state index contributed by atoms with van der Waals surface area (Å²) in [5.74, 6) is 0. The van der Waals surface area contributed by atoms with Crippen molar-refractivity contribution in [3.05, 3.63) is 42.0 Å². The lowest BCUT2D eigenvalue weighted by Gasteiger charge is -2.25. The molecule has 0 bridgehead atoms. The molecule has 0 saturated carbocycles. The van der Waals surface area contributed by atoms with Crippen LogP contribution in [0.2, 0.25) is 0 Å². The van der Waals surface area contributed by atoms with E-state index >= 15 is 0 Å². The number of carbonyl (C=O) groups excluding carboxylic acids is 1. The Kier molecular flexibility index (Phi) is 3.65. The quantitative estimate of drug-likeness (QED) is 0.758. The van der Waals surface area contributed by atoms with Gasteiger partial charge in [-0.1, -0.05) is 24.3 Å². The molecular weight excluding hydrogens is 238 g/mol. The number of anilines is 1. The summed E-state index contributed by atoms with van der Waals surface area (Å²) in [7, 11) is 0. The zero-order valence-electron chi connectivity index (χ0n) is 11.9. The number of benzene rings is 1. The Balaban J connectivity index is 2.30. The van der Waals surface area contributed by atoms with E-state index in [-0.39, 0.29) is 6.09 Å². The minimum absolute atomic E-state index is 0.261. The van der Waals surface area contributed by atoms with Crippen molar-refractivity contribution in [3.8, 4) is 0 Å². The van der Waals surface area contributed by atoms with Crippen LogP contribution in [0.3, 0.4) is 0 Å². The van der Waals surface area contributed by atoms with Gasteiger partial charge in [0.1, 0.15) is 5.60 Å². The van der Waals surface area contributed by atoms with E-state index < -0.39 is 5.60 Å². The van der Waals surface area contributed by atoms with E-state index in [9.17, 15) is 4.79 Å². The van der Waals surface area contributed by atoms with E-state index in [1.54, 1.807) is 4.90 Å². The molecule has 0 spiro atoms. The summed E-state index contributed by atoms with van der Waals surface area (Å²) in [5.41, 5.74) is 2.89. The zero-order valence-corrected chi connectivity index (χ0v) is 11.9. The lowest BCUT2D eigenvalue weighted by molar-refractivity contribution is 0.0584. The molecule has 3 nitrogen and oxygen atoms in total. The summed E-state index contributed by atoms with van der Waals surface area (Å²) in [6.07, 6.45) is 3.26. The van der Waals surface area contributed by atoms with E-state index in [1.807, 2.05) is 39.0 Å². The Bertz CT molecular complexity index is 500. The van der Waals surface area contributed by atoms with Crippen molar-refractivity contribution in [1.82, 2.24) is 0 Å². The minimum Gasteiger partial charge on any atom is -0.443 e. The van der Waals surface area contributed by atoms with Crippen LogP contribution < -0.4 is 4.90 Å². The molecule has 0 fully saturated rings. The van der Waals surface area contributed by atoms with E-state index in [1.165, 1.54) is 5.56 Å². The molecule has 0 saturated heterocycles. The topological polar surface area (TPSA) is 29.5 Å². The van der Waals surface area contributed by atoms with E-state index in [4.69, 9.17) is 4.74 Å². The normalized spacial score (nSPS) is 14.2. The number of para-hydroxylation sites is 1. The molecule has 1 aliphatic heterocycles. The first-order valence-electron chi connectivity index (χ1n) is 6.64. The lowest BCUT2D eigenvalue weighted by Crippen LogP contribution is -2.36. The Morgan fingerprint density at radius 2 is 2.21 bits per heavy atom. The number of hydrogen-bond donors (Lipinski definition) is 0. The molecule has 19 heavy (non-hydrogen) atoms. The van der Waals surface area contributed by atoms with E-state index in [2.05, 4.69) is 12.6 Å². The molecule has 102 valence electrons. The van der Waals surface area contributed by atoms with Crippen molar-refractivity contribution >= 4 is 11.8 Å². The molecular formula is C16H21NO2. The number of nitrogens with zero attached hydrogens (tertiary/aromatic N) is 1. The van der Waals surface area contributed by atoms with Gasteiger partial charge in [-0.2, -0.15) is 0 Å². The van der Waals surface area contributed by atoms with Crippen LogP contribution in [0.15, 0.2) is 30.9 Å². The van der Waals surface area contributed by atoms with Crippen LogP contribution in [0.25, 0.3) is 0 Å². The summed E-state index contributed by atoms with van der Waals surface area (Å²) in [5, 5.41) is 0. The standard InChI is InChI=1S/C16H21NO2/c1-5-7-12-8-6-9-13-10-11-17(14(12)13)15(18)19-16(2,3)4/h5-6,8-9H,1,7,10-11H2,2-4H3. The third kappa shape index (κ3) is 2.98. The van der Waals surface area contributed by atoms with Crippen LogP contribution in [0.4, 0.5) is 10.5 Å². The van der Waals surface area contributed by atoms with Gasteiger partial charge in [-0.05, 0) is 44.7 Å². The molecule has 1 aliphatic rings. The average Bonchev–Trinajstić information content (AvgIpc) is 2.72. The highest BCUT2D eigenvalue weighted by Gasteiger charge is 2.30. The van der Waals surface area contributed by atoms with Crippen molar-refractivity contribution in [2.45, 2.75) is 39.2 Å². The van der Waals surface area contributed by atoms with E-state index in [0.29, 0.717) is 6.54 Å². The SMILES string of the molecule is C=CCc1cccc2c1N(C(=O)OC(C)(C)C)CC2. The summed E-state index contributed by atoms with van der Waals surface area (Å²) in [6.45, 7) is 10.1. The van der Waals surface area contributed by atoms with Crippen molar-refractivity contribution in [3.63, 3.8) is 0 Å². The highest BCUT2D eigenvalue weighted by atomic mass is 16.6. The van der Waals surface area contributed by atoms with Gasteiger partial charge in [0, 0.05) is 6.54 Å². The molecule has 0 aromatic heterocycles. The number of hydrogen-bond acceptors (Lipinski definition) is 2. The van der Waals surface area contributed by atoms with Crippen LogP contribution in [0.5, 0.6) is 0 Å². The molecule has 1 aromatic carbocycles. The van der Waals surface area contributed by atoms with Crippen LogP contribution in [-0.4, -0.2) is 18.2 Å². The number of amides is 1. The summed E-state index contributed by atoms with van der Waals surface area (Å²) < 4.78 is 5.47. The zero-order chi connectivity index (χ0) is 14.0. The van der Waals surface area contributed by atoms with E-state index in [0.717, 1.165) is 24.1 Å². The van der Waals surface area contributed by atoms with Crippen LogP contribution in [-0.2, 0) is 17.6 Å². The molecule has 1 heterocycles. The number of rotatable bonds is 2. The predicted molar refractivity (Wildman–Crippen MR) is 77.6 cm³/mol. The first-order chi connectivity index (χ1) is 8.92. The van der Waals surface area contributed by atoms with Gasteiger partial charge in [0.2, 0.25) is 0 Å². The summed E-state index contributed by atoms with van der Waals surface area (Å²) >= 11 is 0. The first kappa shape index (κ1) is 13.7. The number of fused-ring (bicyclic) bond motifs is 1. The van der Waals surface area contributed by atoms with Crippen LogP contribution >= 0.6 is 0 Å². The van der Waals surface area contributed by atoms with Crippen molar-refractivity contribution in [2.24, 2.45) is 0 Å². The number of allylic oxidation sites excluding steroid dienone is 1. The highest BCUT2D eigenvalue weighted by Crippen LogP contribution is 2.33. The molecule has 2 rings (SSSR count). The van der Waals surface area contributed by atoms with Crippen molar-refractivity contribution in [2.75, 3.05) is 11.4 Å². The summed E-state index contributed by atoms with van der Waals surface area (Å²) in [4.78, 5) is 14.0. The van der Waals surface area contributed by atoms with Crippen molar-refractivity contribution < 1.29 is 9.53 Å². The first-order valence-corrected chi connectivity index (χ1v) is 6.64. The van der Waals surface area contributed by atoms with Gasteiger partial charge in [0.15, 0.2) is 0 Å². The number of carbonyl (C=O) groups is 1. The predicted octanol–water partition coefficient (Wildman–Crippen LogP) is 3.71. The fraction of sp³-hybridized carbons (Fsp3) is 0.438. The molecule has 0 unspecified atom stereocenters. The molecule has 0 N–H and O–H groups in total. The average molecular weight is 259 g/mol. The van der Waals surface area contributed by atoms with Crippen LogP contribution in [0.1, 0.15) is 31.9 Å². The van der Waals surface area contributed by atoms with Gasteiger partial charge < -0.3 is 4.74 Å². The van der Waals surface area contributed by atoms with Gasteiger partial charge in [-0.15, -0.1) is 6.58 Å². The monoisotopic (exact) mass is 259 g/mol. The molecule has 0 atom stereocenters. The largest absolute Gasteiger partial charge is 0.443 e. The fourth-order valence-electron chi connectivity index (χ4n) is 2.36. The van der Waals surface area contributed by atoms with Crippen molar-refractivity contribution in [1.29, 1.82) is 0 Å². The maximum Gasteiger partial charge on any atom is 0.414 e. The van der Waals surface area contributed by atoms with Gasteiger partial charge in [-0.3, -0.25) is 4.90 Å². The third-order valence-corrected chi connectivity index (χ3v) is 3.06. The Labute approximate surface area is 114 Å². The Morgan fingerprint density at radius 3 is 2.84 bits per heavy atom. The number of ether oxygens (including phenoxy) is 1.